The number of rotatable bonds is 2. The van der Waals surface area contributed by atoms with E-state index in [4.69, 9.17) is 0 Å². The molecule has 2 rings (SSSR count). The lowest BCUT2D eigenvalue weighted by Gasteiger charge is -2.20. The highest BCUT2D eigenvalue weighted by atomic mass is 15.4. The summed E-state index contributed by atoms with van der Waals surface area (Å²) in [6.07, 6.45) is 1.72. The van der Waals surface area contributed by atoms with Gasteiger partial charge in [-0.1, -0.05) is 0 Å². The van der Waals surface area contributed by atoms with Crippen LogP contribution in [0.2, 0.25) is 0 Å². The first kappa shape index (κ1) is 12.5. The fourth-order valence-electron chi connectivity index (χ4n) is 1.60. The molecule has 0 radical (unpaired) electrons. The van der Waals surface area contributed by atoms with Crippen molar-refractivity contribution in [3.63, 3.8) is 0 Å². The molecule has 18 heavy (non-hydrogen) atoms. The molecule has 0 bridgehead atoms. The number of hydrogen-bond donors (Lipinski definition) is 1. The molecule has 2 heterocycles. The first-order valence-corrected chi connectivity index (χ1v) is 5.87. The number of nitrogens with zero attached hydrogens (tertiary/aromatic N) is 5. The van der Waals surface area contributed by atoms with Crippen molar-refractivity contribution in [3.05, 3.63) is 23.9 Å². The van der Waals surface area contributed by atoms with Crippen molar-refractivity contribution < 1.29 is 0 Å². The van der Waals surface area contributed by atoms with Crippen molar-refractivity contribution in [2.75, 3.05) is 5.32 Å². The van der Waals surface area contributed by atoms with E-state index in [0.29, 0.717) is 5.95 Å². The fraction of sp³-hybridized carbons (Fsp3) is 0.500. The number of anilines is 1. The quantitative estimate of drug-likeness (QED) is 0.876. The van der Waals surface area contributed by atoms with Crippen molar-refractivity contribution in [1.82, 2.24) is 24.7 Å². The van der Waals surface area contributed by atoms with Crippen LogP contribution >= 0.6 is 0 Å². The second kappa shape index (κ2) is 4.36. The monoisotopic (exact) mass is 246 g/mol. The molecule has 0 amide bonds. The van der Waals surface area contributed by atoms with Crippen molar-refractivity contribution in [2.24, 2.45) is 0 Å². The number of aryl methyl sites for hydroxylation is 2. The lowest BCUT2D eigenvalue weighted by molar-refractivity contribution is 0.624. The van der Waals surface area contributed by atoms with Gasteiger partial charge in [-0.2, -0.15) is 9.67 Å². The number of nitrogens with one attached hydrogen (secondary N) is 1. The number of aromatic nitrogens is 5. The van der Waals surface area contributed by atoms with Gasteiger partial charge in [0.15, 0.2) is 5.82 Å². The lowest BCUT2D eigenvalue weighted by Crippen LogP contribution is -2.27. The highest BCUT2D eigenvalue weighted by molar-refractivity contribution is 5.33. The first-order chi connectivity index (χ1) is 8.35. The van der Waals surface area contributed by atoms with E-state index >= 15 is 0 Å². The molecule has 0 aliphatic heterocycles. The molecule has 0 aromatic carbocycles. The molecule has 0 fully saturated rings. The summed E-state index contributed by atoms with van der Waals surface area (Å²) in [5.74, 6) is 2.85. The molecule has 0 aliphatic rings. The molecule has 0 unspecified atom stereocenters. The molecular weight excluding hydrogens is 228 g/mol. The Morgan fingerprint density at radius 1 is 1.17 bits per heavy atom. The Balaban J connectivity index is 2.36. The van der Waals surface area contributed by atoms with Crippen molar-refractivity contribution >= 4 is 5.95 Å². The van der Waals surface area contributed by atoms with E-state index in [1.54, 1.807) is 10.9 Å². The Bertz CT molecular complexity index is 552. The zero-order chi connectivity index (χ0) is 13.3. The maximum absolute atomic E-state index is 4.44. The van der Waals surface area contributed by atoms with E-state index in [0.717, 1.165) is 17.5 Å². The highest BCUT2D eigenvalue weighted by Crippen LogP contribution is 2.12. The third kappa shape index (κ3) is 2.82. The molecule has 0 saturated heterocycles. The summed E-state index contributed by atoms with van der Waals surface area (Å²) in [5, 5.41) is 7.54. The Hall–Kier alpha value is -1.98. The van der Waals surface area contributed by atoms with Gasteiger partial charge in [0.25, 0.3) is 0 Å². The van der Waals surface area contributed by atoms with Gasteiger partial charge >= 0.3 is 0 Å². The largest absolute Gasteiger partial charge is 0.350 e. The Morgan fingerprint density at radius 3 is 2.44 bits per heavy atom. The van der Waals surface area contributed by atoms with Crippen LogP contribution in [0.4, 0.5) is 5.95 Å². The zero-order valence-corrected chi connectivity index (χ0v) is 11.4. The molecule has 0 atom stereocenters. The lowest BCUT2D eigenvalue weighted by atomic mass is 10.1. The maximum atomic E-state index is 4.44. The summed E-state index contributed by atoms with van der Waals surface area (Å²) in [4.78, 5) is 12.9. The number of hydrogen-bond acceptors (Lipinski definition) is 5. The van der Waals surface area contributed by atoms with E-state index in [1.165, 1.54) is 0 Å². The van der Waals surface area contributed by atoms with Gasteiger partial charge in [0.1, 0.15) is 11.6 Å². The minimum absolute atomic E-state index is 0.0774. The zero-order valence-electron chi connectivity index (χ0n) is 11.4. The van der Waals surface area contributed by atoms with Gasteiger partial charge < -0.3 is 5.32 Å². The van der Waals surface area contributed by atoms with Crippen LogP contribution in [0.5, 0.6) is 0 Å². The first-order valence-electron chi connectivity index (χ1n) is 5.87. The maximum Gasteiger partial charge on any atom is 0.225 e. The molecule has 6 nitrogen and oxygen atoms in total. The molecule has 0 aliphatic carbocycles. The van der Waals surface area contributed by atoms with Crippen LogP contribution in [0.15, 0.2) is 12.3 Å². The average molecular weight is 246 g/mol. The van der Waals surface area contributed by atoms with Crippen LogP contribution in [-0.2, 0) is 0 Å². The van der Waals surface area contributed by atoms with Gasteiger partial charge in [0.05, 0.1) is 0 Å². The van der Waals surface area contributed by atoms with Crippen LogP contribution < -0.4 is 5.32 Å². The summed E-state index contributed by atoms with van der Waals surface area (Å²) < 4.78 is 1.71. The molecular formula is C12H18N6. The topological polar surface area (TPSA) is 68.5 Å². The molecule has 0 spiro atoms. The van der Waals surface area contributed by atoms with Gasteiger partial charge in [-0.05, 0) is 34.6 Å². The van der Waals surface area contributed by atoms with Gasteiger partial charge in [-0.3, -0.25) is 0 Å². The van der Waals surface area contributed by atoms with Crippen LogP contribution in [0, 0.1) is 13.8 Å². The van der Waals surface area contributed by atoms with Crippen LogP contribution in [-0.4, -0.2) is 30.3 Å². The van der Waals surface area contributed by atoms with Gasteiger partial charge in [0, 0.05) is 17.8 Å². The predicted molar refractivity (Wildman–Crippen MR) is 69.8 cm³/mol. The minimum atomic E-state index is -0.0774. The van der Waals surface area contributed by atoms with E-state index in [1.807, 2.05) is 19.9 Å². The predicted octanol–water partition coefficient (Wildman–Crippen LogP) is 1.88. The summed E-state index contributed by atoms with van der Waals surface area (Å²) >= 11 is 0. The minimum Gasteiger partial charge on any atom is -0.350 e. The normalized spacial score (nSPS) is 11.6. The molecule has 2 aromatic rings. The van der Waals surface area contributed by atoms with Crippen LogP contribution in [0.3, 0.4) is 0 Å². The van der Waals surface area contributed by atoms with Crippen LogP contribution in [0.25, 0.3) is 5.82 Å². The van der Waals surface area contributed by atoms with Crippen LogP contribution in [0.1, 0.15) is 32.4 Å². The van der Waals surface area contributed by atoms with Crippen molar-refractivity contribution in [3.8, 4) is 5.82 Å². The second-order valence-electron chi connectivity index (χ2n) is 5.23. The highest BCUT2D eigenvalue weighted by Gasteiger charge is 2.13. The SMILES string of the molecule is Cc1nc(C)n(-c2ccnc(NC(C)(C)C)n2)n1. The average Bonchev–Trinajstić information content (AvgIpc) is 2.55. The molecule has 6 heteroatoms. The summed E-state index contributed by atoms with van der Waals surface area (Å²) in [6.45, 7) is 9.95. The van der Waals surface area contributed by atoms with Crippen molar-refractivity contribution in [1.29, 1.82) is 0 Å². The standard InChI is InChI=1S/C12H18N6/c1-8-14-9(2)18(17-8)10-6-7-13-11(15-10)16-12(3,4)5/h6-7H,1-5H3,(H,13,15,16). The molecule has 96 valence electrons. The Kier molecular flexibility index (Phi) is 3.02. The van der Waals surface area contributed by atoms with Crippen molar-refractivity contribution in [2.45, 2.75) is 40.2 Å². The molecule has 1 N–H and O–H groups in total. The summed E-state index contributed by atoms with van der Waals surface area (Å²) in [6, 6.07) is 1.81. The third-order valence-electron chi connectivity index (χ3n) is 2.22. The molecule has 0 saturated carbocycles. The smallest absolute Gasteiger partial charge is 0.225 e. The Morgan fingerprint density at radius 2 is 1.89 bits per heavy atom. The summed E-state index contributed by atoms with van der Waals surface area (Å²) in [7, 11) is 0. The van der Waals surface area contributed by atoms with E-state index < -0.39 is 0 Å². The Labute approximate surface area is 106 Å². The van der Waals surface area contributed by atoms with E-state index in [2.05, 4.69) is 46.1 Å². The summed E-state index contributed by atoms with van der Waals surface area (Å²) in [5.41, 5.74) is -0.0774. The van der Waals surface area contributed by atoms with Gasteiger partial charge in [0.2, 0.25) is 5.95 Å². The van der Waals surface area contributed by atoms with Gasteiger partial charge in [-0.25, -0.2) is 9.97 Å². The fourth-order valence-corrected chi connectivity index (χ4v) is 1.60. The third-order valence-corrected chi connectivity index (χ3v) is 2.22. The molecule has 2 aromatic heterocycles. The van der Waals surface area contributed by atoms with E-state index in [9.17, 15) is 0 Å². The van der Waals surface area contributed by atoms with Gasteiger partial charge in [-0.15, -0.1) is 5.10 Å². The second-order valence-corrected chi connectivity index (χ2v) is 5.23. The van der Waals surface area contributed by atoms with E-state index in [-0.39, 0.29) is 5.54 Å².